The molecule has 0 fully saturated rings. The van der Waals surface area contributed by atoms with Crippen LogP contribution in [-0.2, 0) is 4.74 Å². The van der Waals surface area contributed by atoms with E-state index in [0.717, 1.165) is 0 Å². The van der Waals surface area contributed by atoms with Crippen molar-refractivity contribution in [1.82, 2.24) is 0 Å². The summed E-state index contributed by atoms with van der Waals surface area (Å²) in [5.41, 5.74) is 0. The smallest absolute Gasteiger partial charge is 0.124 e. The Kier molecular flexibility index (Phi) is 5.06. The molecule has 1 N–H and O–H groups in total. The Hall–Kier alpha value is -1.12. The fraction of sp³-hybridized carbons (Fsp3) is 0.333. The molecule has 0 saturated heterocycles. The molecule has 8 heavy (non-hydrogen) atoms. The quantitative estimate of drug-likeness (QED) is 0.429. The molecule has 0 heterocycles. The molecule has 0 rings (SSSR count). The van der Waals surface area contributed by atoms with Gasteiger partial charge in [0, 0.05) is 5.92 Å². The van der Waals surface area contributed by atoms with Crippen LogP contribution in [0.25, 0.3) is 0 Å². The molecule has 0 spiro atoms. The lowest BCUT2D eigenvalue weighted by molar-refractivity contribution is 0.350. The molecule has 2 nitrogen and oxygen atoms in total. The van der Waals surface area contributed by atoms with Gasteiger partial charge in [-0.1, -0.05) is 5.92 Å². The maximum absolute atomic E-state index is 8.08. The minimum absolute atomic E-state index is 0.154. The molecule has 0 radical (unpaired) electrons. The second kappa shape index (κ2) is 5.88. The second-order valence-electron chi connectivity index (χ2n) is 0.891. The molecule has 0 aliphatic carbocycles. The topological polar surface area (TPSA) is 29.5 Å². The summed E-state index contributed by atoms with van der Waals surface area (Å²) in [4.78, 5) is 0. The van der Waals surface area contributed by atoms with Crippen molar-refractivity contribution in [2.75, 3.05) is 13.7 Å². The van der Waals surface area contributed by atoms with Crippen LogP contribution in [0.2, 0.25) is 0 Å². The van der Waals surface area contributed by atoms with Gasteiger partial charge in [0.1, 0.15) is 12.7 Å². The summed E-state index contributed by atoms with van der Waals surface area (Å²) >= 11 is 0. The first-order valence-corrected chi connectivity index (χ1v) is 2.03. The third-order valence-electron chi connectivity index (χ3n) is 0.383. The minimum Gasteiger partial charge on any atom is -0.449 e. The molecule has 0 aliphatic heterocycles. The summed E-state index contributed by atoms with van der Waals surface area (Å²) in [6.07, 6.45) is 2.25. The van der Waals surface area contributed by atoms with Crippen LogP contribution in [0.5, 0.6) is 0 Å². The molecule has 0 aromatic carbocycles. The maximum atomic E-state index is 8.08. The summed E-state index contributed by atoms with van der Waals surface area (Å²) in [5.74, 6) is 7.03. The Bertz CT molecular complexity index is 131. The van der Waals surface area contributed by atoms with Gasteiger partial charge >= 0.3 is 0 Å². The van der Waals surface area contributed by atoms with Crippen molar-refractivity contribution in [3.05, 3.63) is 0 Å². The molecular formula is C6H6O2. The molecule has 42 valence electrons. The van der Waals surface area contributed by atoms with Gasteiger partial charge in [-0.2, -0.15) is 0 Å². The van der Waals surface area contributed by atoms with Crippen molar-refractivity contribution in [2.45, 2.75) is 0 Å². The fourth-order valence-electron chi connectivity index (χ4n) is 0.160. The number of aliphatic hydroxyl groups is 1. The van der Waals surface area contributed by atoms with Gasteiger partial charge in [0.15, 0.2) is 0 Å². The van der Waals surface area contributed by atoms with E-state index < -0.39 is 0 Å². The van der Waals surface area contributed by atoms with E-state index in [1.165, 1.54) is 7.11 Å². The molecule has 0 unspecified atom stereocenters. The molecule has 0 aromatic heterocycles. The lowest BCUT2D eigenvalue weighted by Crippen LogP contribution is -1.69. The summed E-state index contributed by atoms with van der Waals surface area (Å²) in [7, 11) is 1.45. The molecule has 0 aliphatic rings. The van der Waals surface area contributed by atoms with Crippen molar-refractivity contribution in [1.29, 1.82) is 0 Å². The number of hydrogen-bond donors (Lipinski definition) is 1. The van der Waals surface area contributed by atoms with Gasteiger partial charge < -0.3 is 9.84 Å². The first-order valence-electron chi connectivity index (χ1n) is 2.03. The predicted octanol–water partition coefficient (Wildman–Crippen LogP) is -0.411. The Morgan fingerprint density at radius 2 is 2.25 bits per heavy atom. The zero-order chi connectivity index (χ0) is 6.24. The van der Waals surface area contributed by atoms with Gasteiger partial charge in [-0.05, 0) is 5.92 Å². The van der Waals surface area contributed by atoms with Gasteiger partial charge in [0.2, 0.25) is 0 Å². The number of aliphatic hydroxyl groups excluding tert-OH is 1. The van der Waals surface area contributed by atoms with Crippen LogP contribution >= 0.6 is 0 Å². The third-order valence-corrected chi connectivity index (χ3v) is 0.383. The zero-order valence-corrected chi connectivity index (χ0v) is 4.56. The van der Waals surface area contributed by atoms with Gasteiger partial charge in [-0.3, -0.25) is 0 Å². The van der Waals surface area contributed by atoms with Crippen LogP contribution in [0.1, 0.15) is 0 Å². The van der Waals surface area contributed by atoms with Crippen molar-refractivity contribution >= 4 is 0 Å². The van der Waals surface area contributed by atoms with Crippen LogP contribution in [0.15, 0.2) is 0 Å². The predicted molar refractivity (Wildman–Crippen MR) is 29.6 cm³/mol. The fourth-order valence-corrected chi connectivity index (χ4v) is 0.160. The SMILES string of the molecule is COC#CC#CCO. The van der Waals surface area contributed by atoms with Crippen LogP contribution < -0.4 is 0 Å². The molecule has 0 saturated carbocycles. The lowest BCUT2D eigenvalue weighted by atomic mass is 10.6. The highest BCUT2D eigenvalue weighted by Gasteiger charge is 1.56. The summed E-state index contributed by atoms with van der Waals surface area (Å²) < 4.78 is 4.34. The third kappa shape index (κ3) is 4.88. The molecule has 0 amide bonds. The Morgan fingerprint density at radius 3 is 2.75 bits per heavy atom. The summed E-state index contributed by atoms with van der Waals surface area (Å²) in [6.45, 7) is -0.154. The largest absolute Gasteiger partial charge is 0.449 e. The highest BCUT2D eigenvalue weighted by Crippen LogP contribution is 1.54. The number of rotatable bonds is 0. The highest BCUT2D eigenvalue weighted by molar-refractivity contribution is 5.23. The molecule has 0 aromatic rings. The van der Waals surface area contributed by atoms with Crippen LogP contribution in [-0.4, -0.2) is 18.8 Å². The van der Waals surface area contributed by atoms with Crippen molar-refractivity contribution in [3.8, 4) is 23.9 Å². The van der Waals surface area contributed by atoms with E-state index in [1.807, 2.05) is 0 Å². The van der Waals surface area contributed by atoms with E-state index in [2.05, 4.69) is 28.6 Å². The van der Waals surface area contributed by atoms with Crippen molar-refractivity contribution < 1.29 is 9.84 Å². The minimum atomic E-state index is -0.154. The molecule has 0 bridgehead atoms. The standard InChI is InChI=1S/C6H6O2/c1-8-6-4-2-3-5-7/h7H,5H2,1H3. The second-order valence-corrected chi connectivity index (χ2v) is 0.891. The van der Waals surface area contributed by atoms with Gasteiger partial charge in [-0.15, -0.1) is 0 Å². The van der Waals surface area contributed by atoms with E-state index in [4.69, 9.17) is 5.11 Å². The van der Waals surface area contributed by atoms with Gasteiger partial charge in [-0.25, -0.2) is 0 Å². The summed E-state index contributed by atoms with van der Waals surface area (Å²) in [5, 5.41) is 8.08. The Morgan fingerprint density at radius 1 is 1.50 bits per heavy atom. The van der Waals surface area contributed by atoms with E-state index in [9.17, 15) is 0 Å². The molecular weight excluding hydrogens is 104 g/mol. The Balaban J connectivity index is 3.40. The van der Waals surface area contributed by atoms with E-state index >= 15 is 0 Å². The van der Waals surface area contributed by atoms with Gasteiger partial charge in [0.25, 0.3) is 0 Å². The first kappa shape index (κ1) is 6.88. The average molecular weight is 110 g/mol. The van der Waals surface area contributed by atoms with Crippen molar-refractivity contribution in [3.63, 3.8) is 0 Å². The van der Waals surface area contributed by atoms with Crippen LogP contribution in [0.4, 0.5) is 0 Å². The van der Waals surface area contributed by atoms with E-state index in [1.54, 1.807) is 0 Å². The van der Waals surface area contributed by atoms with Gasteiger partial charge in [0.05, 0.1) is 7.11 Å². The highest BCUT2D eigenvalue weighted by atomic mass is 16.5. The number of methoxy groups -OCH3 is 1. The van der Waals surface area contributed by atoms with Crippen LogP contribution in [0, 0.1) is 23.9 Å². The zero-order valence-electron chi connectivity index (χ0n) is 4.56. The van der Waals surface area contributed by atoms with E-state index in [-0.39, 0.29) is 6.61 Å². The monoisotopic (exact) mass is 110 g/mol. The maximum Gasteiger partial charge on any atom is 0.124 e. The summed E-state index contributed by atoms with van der Waals surface area (Å²) in [6, 6.07) is 0. The van der Waals surface area contributed by atoms with E-state index in [0.29, 0.717) is 0 Å². The van der Waals surface area contributed by atoms with Crippen LogP contribution in [0.3, 0.4) is 0 Å². The molecule has 0 atom stereocenters. The van der Waals surface area contributed by atoms with Crippen molar-refractivity contribution in [2.24, 2.45) is 0 Å². The average Bonchev–Trinajstić information content (AvgIpc) is 1.81. The molecule has 2 heteroatoms. The normalized spacial score (nSPS) is 5.25. The number of hydrogen-bond acceptors (Lipinski definition) is 2. The first-order chi connectivity index (χ1) is 3.91. The number of ether oxygens (including phenoxy) is 1. The Labute approximate surface area is 48.5 Å². The lowest BCUT2D eigenvalue weighted by Gasteiger charge is -1.70.